The molecule has 1 heterocycles. The highest BCUT2D eigenvalue weighted by Gasteiger charge is 2.42. The molecular weight excluding hydrogens is 198 g/mol. The van der Waals surface area contributed by atoms with Crippen molar-refractivity contribution in [2.75, 3.05) is 6.54 Å². The van der Waals surface area contributed by atoms with Gasteiger partial charge in [0.15, 0.2) is 0 Å². The Balaban J connectivity index is 2.77. The van der Waals surface area contributed by atoms with Gasteiger partial charge in [-0.1, -0.05) is 13.8 Å². The fourth-order valence-corrected chi connectivity index (χ4v) is 2.28. The van der Waals surface area contributed by atoms with E-state index < -0.39 is 18.0 Å². The van der Waals surface area contributed by atoms with Gasteiger partial charge in [0.25, 0.3) is 0 Å². The first kappa shape index (κ1) is 12.0. The lowest BCUT2D eigenvalue weighted by Gasteiger charge is -2.22. The van der Waals surface area contributed by atoms with Gasteiger partial charge in [0.1, 0.15) is 6.04 Å². The zero-order valence-corrected chi connectivity index (χ0v) is 8.93. The Morgan fingerprint density at radius 1 is 1.40 bits per heavy atom. The molecule has 1 rings (SSSR count). The van der Waals surface area contributed by atoms with Crippen LogP contribution in [0.15, 0.2) is 0 Å². The predicted octanol–water partition coefficient (Wildman–Crippen LogP) is 0.406. The number of aliphatic carboxylic acids is 2. The summed E-state index contributed by atoms with van der Waals surface area (Å²) in [6.45, 7) is 4.57. The molecular formula is C10H17NO4. The standard InChI is InChI=1S/C10H17NO4/c1-5(2)7-4-11-9(10(14)15)6(7)3-8(12)13/h5-7,9,11H,3-4H2,1-2H3,(H,12,13)(H,14,15)/t6?,7?,9-/m0/s1. The number of rotatable bonds is 4. The first-order chi connectivity index (χ1) is 6.93. The van der Waals surface area contributed by atoms with Gasteiger partial charge in [-0.3, -0.25) is 9.59 Å². The SMILES string of the molecule is CC(C)C1CN[C@H](C(=O)O)C1CC(=O)O. The highest BCUT2D eigenvalue weighted by molar-refractivity contribution is 5.76. The van der Waals surface area contributed by atoms with Crippen LogP contribution >= 0.6 is 0 Å². The lowest BCUT2D eigenvalue weighted by atomic mass is 9.81. The van der Waals surface area contributed by atoms with E-state index in [2.05, 4.69) is 5.32 Å². The number of carboxylic acid groups (broad SMARTS) is 2. The van der Waals surface area contributed by atoms with Gasteiger partial charge in [-0.05, 0) is 24.3 Å². The van der Waals surface area contributed by atoms with Crippen molar-refractivity contribution in [3.05, 3.63) is 0 Å². The van der Waals surface area contributed by atoms with Crippen LogP contribution in [0.5, 0.6) is 0 Å². The summed E-state index contributed by atoms with van der Waals surface area (Å²) in [4.78, 5) is 21.6. The van der Waals surface area contributed by atoms with Gasteiger partial charge < -0.3 is 15.5 Å². The van der Waals surface area contributed by atoms with E-state index in [1.807, 2.05) is 13.8 Å². The first-order valence-electron chi connectivity index (χ1n) is 5.11. The number of hydrogen-bond acceptors (Lipinski definition) is 3. The second kappa shape index (κ2) is 4.61. The van der Waals surface area contributed by atoms with Gasteiger partial charge in [0, 0.05) is 0 Å². The summed E-state index contributed by atoms with van der Waals surface area (Å²) in [6.07, 6.45) is -0.0766. The van der Waals surface area contributed by atoms with E-state index in [1.165, 1.54) is 0 Å². The van der Waals surface area contributed by atoms with Crippen LogP contribution in [0.2, 0.25) is 0 Å². The van der Waals surface area contributed by atoms with E-state index in [-0.39, 0.29) is 18.3 Å². The van der Waals surface area contributed by atoms with Crippen molar-refractivity contribution < 1.29 is 19.8 Å². The van der Waals surface area contributed by atoms with Gasteiger partial charge in [-0.15, -0.1) is 0 Å². The van der Waals surface area contributed by atoms with E-state index >= 15 is 0 Å². The van der Waals surface area contributed by atoms with Gasteiger partial charge in [0.05, 0.1) is 6.42 Å². The second-order valence-electron chi connectivity index (χ2n) is 4.39. The van der Waals surface area contributed by atoms with Crippen LogP contribution in [-0.2, 0) is 9.59 Å². The molecule has 86 valence electrons. The molecule has 2 unspecified atom stereocenters. The van der Waals surface area contributed by atoms with Crippen molar-refractivity contribution in [2.45, 2.75) is 26.3 Å². The molecule has 1 saturated heterocycles. The van der Waals surface area contributed by atoms with Crippen molar-refractivity contribution in [3.8, 4) is 0 Å². The smallest absolute Gasteiger partial charge is 0.321 e. The highest BCUT2D eigenvalue weighted by Crippen LogP contribution is 2.31. The summed E-state index contributed by atoms with van der Waals surface area (Å²) in [5, 5.41) is 20.6. The molecule has 0 aromatic rings. The zero-order chi connectivity index (χ0) is 11.6. The number of nitrogens with one attached hydrogen (secondary N) is 1. The van der Waals surface area contributed by atoms with Crippen molar-refractivity contribution in [1.82, 2.24) is 5.32 Å². The molecule has 1 aliphatic heterocycles. The molecule has 1 aliphatic rings. The quantitative estimate of drug-likeness (QED) is 0.632. The van der Waals surface area contributed by atoms with Gasteiger partial charge in [-0.25, -0.2) is 0 Å². The number of carboxylic acids is 2. The lowest BCUT2D eigenvalue weighted by Crippen LogP contribution is -2.37. The minimum atomic E-state index is -0.954. The van der Waals surface area contributed by atoms with Crippen LogP contribution in [-0.4, -0.2) is 34.7 Å². The third-order valence-electron chi connectivity index (χ3n) is 3.08. The van der Waals surface area contributed by atoms with Crippen LogP contribution in [0.25, 0.3) is 0 Å². The Labute approximate surface area is 88.5 Å². The molecule has 15 heavy (non-hydrogen) atoms. The summed E-state index contributed by atoms with van der Waals surface area (Å²) < 4.78 is 0. The molecule has 5 nitrogen and oxygen atoms in total. The third kappa shape index (κ3) is 2.68. The zero-order valence-electron chi connectivity index (χ0n) is 8.93. The van der Waals surface area contributed by atoms with Gasteiger partial charge >= 0.3 is 11.9 Å². The van der Waals surface area contributed by atoms with Gasteiger partial charge in [0.2, 0.25) is 0 Å². The van der Waals surface area contributed by atoms with E-state index in [0.29, 0.717) is 12.5 Å². The Bertz CT molecular complexity index is 264. The molecule has 0 aromatic heterocycles. The van der Waals surface area contributed by atoms with Crippen LogP contribution < -0.4 is 5.32 Å². The van der Waals surface area contributed by atoms with Crippen LogP contribution in [0, 0.1) is 17.8 Å². The Morgan fingerprint density at radius 2 is 2.00 bits per heavy atom. The molecule has 0 aromatic carbocycles. The maximum Gasteiger partial charge on any atom is 0.321 e. The van der Waals surface area contributed by atoms with Crippen LogP contribution in [0.1, 0.15) is 20.3 Å². The summed E-state index contributed by atoms with van der Waals surface area (Å²) in [5.74, 6) is -1.77. The summed E-state index contributed by atoms with van der Waals surface area (Å²) in [7, 11) is 0. The van der Waals surface area contributed by atoms with E-state index in [9.17, 15) is 9.59 Å². The third-order valence-corrected chi connectivity index (χ3v) is 3.08. The molecule has 3 atom stereocenters. The Morgan fingerprint density at radius 3 is 2.40 bits per heavy atom. The Kier molecular flexibility index (Phi) is 3.68. The maximum atomic E-state index is 10.9. The van der Waals surface area contributed by atoms with Crippen molar-refractivity contribution >= 4 is 11.9 Å². The van der Waals surface area contributed by atoms with Crippen LogP contribution in [0.4, 0.5) is 0 Å². The maximum absolute atomic E-state index is 10.9. The topological polar surface area (TPSA) is 86.6 Å². The molecule has 0 bridgehead atoms. The normalized spacial score (nSPS) is 30.7. The summed E-state index contributed by atoms with van der Waals surface area (Å²) in [5.41, 5.74) is 0. The molecule has 0 amide bonds. The first-order valence-corrected chi connectivity index (χ1v) is 5.11. The minimum Gasteiger partial charge on any atom is -0.481 e. The highest BCUT2D eigenvalue weighted by atomic mass is 16.4. The van der Waals surface area contributed by atoms with Crippen molar-refractivity contribution in [2.24, 2.45) is 17.8 Å². The van der Waals surface area contributed by atoms with E-state index in [1.54, 1.807) is 0 Å². The monoisotopic (exact) mass is 215 g/mol. The number of carbonyl (C=O) groups is 2. The molecule has 1 fully saturated rings. The molecule has 0 spiro atoms. The second-order valence-corrected chi connectivity index (χ2v) is 4.39. The summed E-state index contributed by atoms with van der Waals surface area (Å²) in [6, 6.07) is -0.714. The largest absolute Gasteiger partial charge is 0.481 e. The summed E-state index contributed by atoms with van der Waals surface area (Å²) >= 11 is 0. The molecule has 0 aliphatic carbocycles. The average Bonchev–Trinajstić information content (AvgIpc) is 2.46. The molecule has 5 heteroatoms. The van der Waals surface area contributed by atoms with E-state index in [4.69, 9.17) is 10.2 Å². The molecule has 3 N–H and O–H groups in total. The minimum absolute atomic E-state index is 0.0766. The van der Waals surface area contributed by atoms with Gasteiger partial charge in [-0.2, -0.15) is 0 Å². The molecule has 0 saturated carbocycles. The average molecular weight is 215 g/mol. The van der Waals surface area contributed by atoms with Crippen molar-refractivity contribution in [3.63, 3.8) is 0 Å². The Hall–Kier alpha value is -1.10. The van der Waals surface area contributed by atoms with E-state index in [0.717, 1.165) is 0 Å². The fourth-order valence-electron chi connectivity index (χ4n) is 2.28. The van der Waals surface area contributed by atoms with Crippen molar-refractivity contribution in [1.29, 1.82) is 0 Å². The number of hydrogen-bond donors (Lipinski definition) is 3. The fraction of sp³-hybridized carbons (Fsp3) is 0.800. The van der Waals surface area contributed by atoms with Crippen LogP contribution in [0.3, 0.4) is 0 Å². The lowest BCUT2D eigenvalue weighted by molar-refractivity contribution is -0.142. The molecule has 0 radical (unpaired) electrons. The predicted molar refractivity (Wildman–Crippen MR) is 53.5 cm³/mol.